The molecule has 0 fully saturated rings. The van der Waals surface area contributed by atoms with Crippen molar-refractivity contribution < 1.29 is 14.3 Å². The van der Waals surface area contributed by atoms with Crippen LogP contribution in [0.2, 0.25) is 0 Å². The van der Waals surface area contributed by atoms with Crippen LogP contribution in [0.1, 0.15) is 45.0 Å². The molecule has 3 aromatic rings. The lowest BCUT2D eigenvalue weighted by Gasteiger charge is -2.26. The number of pyridine rings is 1. The maximum absolute atomic E-state index is 13.6. The predicted octanol–water partition coefficient (Wildman–Crippen LogP) is 2.98. The van der Waals surface area contributed by atoms with Gasteiger partial charge < -0.3 is 9.47 Å². The molecular formula is C25H25N3O4S. The highest BCUT2D eigenvalue weighted by atomic mass is 32.1. The lowest BCUT2D eigenvalue weighted by atomic mass is 9.95. The van der Waals surface area contributed by atoms with Crippen molar-refractivity contribution in [1.29, 1.82) is 0 Å². The van der Waals surface area contributed by atoms with E-state index in [0.717, 1.165) is 0 Å². The van der Waals surface area contributed by atoms with Gasteiger partial charge >= 0.3 is 5.97 Å². The monoisotopic (exact) mass is 463 g/mol. The van der Waals surface area contributed by atoms with Crippen LogP contribution < -0.4 is 19.6 Å². The molecule has 0 saturated carbocycles. The number of nitrogens with zero attached hydrogens (tertiary/aromatic N) is 3. The van der Waals surface area contributed by atoms with Gasteiger partial charge in [0, 0.05) is 11.8 Å². The summed E-state index contributed by atoms with van der Waals surface area (Å²) in [6.07, 6.45) is 3.33. The SMILES string of the molecule is CCOC(=O)C1=C(C)N=c2s/c(=C\c3ccccn3)c(=O)n2[C@@H]1c1ccccc1OC(C)C. The molecule has 0 aliphatic carbocycles. The molecule has 0 amide bonds. The summed E-state index contributed by atoms with van der Waals surface area (Å²) in [5, 5.41) is 0. The van der Waals surface area contributed by atoms with Crippen molar-refractivity contribution >= 4 is 23.4 Å². The Balaban J connectivity index is 1.99. The maximum Gasteiger partial charge on any atom is 0.338 e. The predicted molar refractivity (Wildman–Crippen MR) is 127 cm³/mol. The highest BCUT2D eigenvalue weighted by Gasteiger charge is 2.35. The number of hydrogen-bond donors (Lipinski definition) is 0. The number of hydrogen-bond acceptors (Lipinski definition) is 7. The Morgan fingerprint density at radius 1 is 1.21 bits per heavy atom. The van der Waals surface area contributed by atoms with Crippen molar-refractivity contribution in [2.24, 2.45) is 4.99 Å². The van der Waals surface area contributed by atoms with E-state index in [-0.39, 0.29) is 18.3 Å². The molecule has 8 heteroatoms. The summed E-state index contributed by atoms with van der Waals surface area (Å²) in [5.41, 5.74) is 1.97. The summed E-state index contributed by atoms with van der Waals surface area (Å²) in [5.74, 6) is 0.107. The molecule has 2 aromatic heterocycles. The number of fused-ring (bicyclic) bond motifs is 1. The van der Waals surface area contributed by atoms with E-state index in [0.29, 0.717) is 37.6 Å². The molecular weight excluding hydrogens is 438 g/mol. The van der Waals surface area contributed by atoms with Crippen molar-refractivity contribution in [1.82, 2.24) is 9.55 Å². The van der Waals surface area contributed by atoms with E-state index in [1.165, 1.54) is 11.3 Å². The van der Waals surface area contributed by atoms with Crippen molar-refractivity contribution in [3.63, 3.8) is 0 Å². The zero-order chi connectivity index (χ0) is 23.5. The summed E-state index contributed by atoms with van der Waals surface area (Å²) in [6, 6.07) is 12.2. The Morgan fingerprint density at radius 2 is 1.97 bits per heavy atom. The average molecular weight is 464 g/mol. The Hall–Kier alpha value is -3.52. The molecule has 1 aliphatic rings. The van der Waals surface area contributed by atoms with Gasteiger partial charge in [-0.05, 0) is 52.0 Å². The lowest BCUT2D eigenvalue weighted by Crippen LogP contribution is -2.40. The van der Waals surface area contributed by atoms with E-state index in [2.05, 4.69) is 9.98 Å². The molecule has 3 heterocycles. The molecule has 0 N–H and O–H groups in total. The number of benzene rings is 1. The van der Waals surface area contributed by atoms with Gasteiger partial charge in [-0.25, -0.2) is 9.79 Å². The second kappa shape index (κ2) is 9.54. The third-order valence-corrected chi connectivity index (χ3v) is 6.04. The molecule has 0 spiro atoms. The topological polar surface area (TPSA) is 82.8 Å². The summed E-state index contributed by atoms with van der Waals surface area (Å²) in [4.78, 5) is 36.0. The van der Waals surface area contributed by atoms with Gasteiger partial charge in [0.1, 0.15) is 11.8 Å². The Morgan fingerprint density at radius 3 is 2.67 bits per heavy atom. The quantitative estimate of drug-likeness (QED) is 0.525. The number of carbonyl (C=O) groups excluding carboxylic acids is 1. The summed E-state index contributed by atoms with van der Waals surface area (Å²) in [7, 11) is 0. The molecule has 0 unspecified atom stereocenters. The first-order valence-electron chi connectivity index (χ1n) is 10.8. The molecule has 170 valence electrons. The fraction of sp³-hybridized carbons (Fsp3) is 0.280. The van der Waals surface area contributed by atoms with Gasteiger partial charge in [0.15, 0.2) is 4.80 Å². The van der Waals surface area contributed by atoms with Crippen molar-refractivity contribution in [3.8, 4) is 5.75 Å². The number of esters is 1. The maximum atomic E-state index is 13.6. The molecule has 1 atom stereocenters. The number of rotatable bonds is 6. The van der Waals surface area contributed by atoms with Gasteiger partial charge in [-0.1, -0.05) is 35.6 Å². The minimum absolute atomic E-state index is 0.0812. The van der Waals surface area contributed by atoms with Crippen LogP contribution in [0.15, 0.2) is 69.7 Å². The molecule has 7 nitrogen and oxygen atoms in total. The van der Waals surface area contributed by atoms with Crippen LogP contribution in [-0.2, 0) is 9.53 Å². The van der Waals surface area contributed by atoms with Crippen LogP contribution in [0.3, 0.4) is 0 Å². The van der Waals surface area contributed by atoms with Gasteiger partial charge in [-0.2, -0.15) is 0 Å². The van der Waals surface area contributed by atoms with Crippen LogP contribution in [-0.4, -0.2) is 28.2 Å². The standard InChI is InChI=1S/C25H25N3O4S/c1-5-31-24(30)21-16(4)27-25-28(22(21)18-11-6-7-12-19(18)32-15(2)3)23(29)20(33-25)14-17-10-8-9-13-26-17/h6-15,22H,5H2,1-4H3/b20-14-/t22-/m1/s1. The van der Waals surface area contributed by atoms with Crippen molar-refractivity contribution in [3.05, 3.63) is 90.9 Å². The zero-order valence-corrected chi connectivity index (χ0v) is 19.8. The van der Waals surface area contributed by atoms with Gasteiger partial charge in [0.25, 0.3) is 5.56 Å². The van der Waals surface area contributed by atoms with Crippen LogP contribution in [0.25, 0.3) is 6.08 Å². The van der Waals surface area contributed by atoms with Crippen LogP contribution in [0, 0.1) is 0 Å². The summed E-state index contributed by atoms with van der Waals surface area (Å²) >= 11 is 1.27. The first-order chi connectivity index (χ1) is 15.9. The lowest BCUT2D eigenvalue weighted by molar-refractivity contribution is -0.139. The number of para-hydroxylation sites is 1. The first-order valence-corrected chi connectivity index (χ1v) is 11.6. The fourth-order valence-electron chi connectivity index (χ4n) is 3.75. The Kier molecular flexibility index (Phi) is 6.55. The zero-order valence-electron chi connectivity index (χ0n) is 18.9. The third-order valence-electron chi connectivity index (χ3n) is 5.06. The number of ether oxygens (including phenoxy) is 2. The largest absolute Gasteiger partial charge is 0.491 e. The minimum Gasteiger partial charge on any atom is -0.491 e. The number of allylic oxidation sites excluding steroid dienone is 1. The Labute approximate surface area is 195 Å². The highest BCUT2D eigenvalue weighted by molar-refractivity contribution is 7.07. The molecule has 0 bridgehead atoms. The van der Waals surface area contributed by atoms with Gasteiger partial charge in [-0.15, -0.1) is 0 Å². The highest BCUT2D eigenvalue weighted by Crippen LogP contribution is 2.36. The van der Waals surface area contributed by atoms with E-state index >= 15 is 0 Å². The second-order valence-corrected chi connectivity index (χ2v) is 8.77. The second-order valence-electron chi connectivity index (χ2n) is 7.76. The van der Waals surface area contributed by atoms with Gasteiger partial charge in [0.05, 0.1) is 34.2 Å². The van der Waals surface area contributed by atoms with Crippen LogP contribution in [0.4, 0.5) is 0 Å². The van der Waals surface area contributed by atoms with E-state index < -0.39 is 12.0 Å². The Bertz CT molecular complexity index is 1390. The smallest absolute Gasteiger partial charge is 0.338 e. The normalized spacial score (nSPS) is 15.9. The van der Waals surface area contributed by atoms with Crippen LogP contribution >= 0.6 is 11.3 Å². The first kappa shape index (κ1) is 22.7. The molecule has 0 saturated heterocycles. The van der Waals surface area contributed by atoms with Crippen molar-refractivity contribution in [2.45, 2.75) is 39.8 Å². The average Bonchev–Trinajstić information content (AvgIpc) is 3.08. The number of aromatic nitrogens is 2. The molecule has 4 rings (SSSR count). The van der Waals surface area contributed by atoms with E-state index in [9.17, 15) is 9.59 Å². The molecule has 0 radical (unpaired) electrons. The fourth-order valence-corrected chi connectivity index (χ4v) is 4.78. The van der Waals surface area contributed by atoms with E-state index in [1.54, 1.807) is 30.7 Å². The number of thiazole rings is 1. The van der Waals surface area contributed by atoms with E-state index in [4.69, 9.17) is 9.47 Å². The van der Waals surface area contributed by atoms with E-state index in [1.807, 2.05) is 56.3 Å². The summed E-state index contributed by atoms with van der Waals surface area (Å²) in [6.45, 7) is 7.60. The molecule has 1 aliphatic heterocycles. The third kappa shape index (κ3) is 4.52. The molecule has 1 aromatic carbocycles. The number of carbonyl (C=O) groups is 1. The molecule has 33 heavy (non-hydrogen) atoms. The van der Waals surface area contributed by atoms with Crippen molar-refractivity contribution in [2.75, 3.05) is 6.61 Å². The van der Waals surface area contributed by atoms with Gasteiger partial charge in [0.2, 0.25) is 0 Å². The minimum atomic E-state index is -0.721. The van der Waals surface area contributed by atoms with Gasteiger partial charge in [-0.3, -0.25) is 14.3 Å². The summed E-state index contributed by atoms with van der Waals surface area (Å²) < 4.78 is 13.4. The van der Waals surface area contributed by atoms with Crippen LogP contribution in [0.5, 0.6) is 5.75 Å².